The third-order valence-electron chi connectivity index (χ3n) is 3.55. The van der Waals surface area contributed by atoms with Gasteiger partial charge in [0, 0.05) is 55.6 Å². The van der Waals surface area contributed by atoms with Crippen LogP contribution < -0.4 is 0 Å². The minimum atomic E-state index is -0.905. The van der Waals surface area contributed by atoms with Gasteiger partial charge in [-0.3, -0.25) is 14.5 Å². The summed E-state index contributed by atoms with van der Waals surface area (Å²) in [6.07, 6.45) is 0.294. The van der Waals surface area contributed by atoms with Crippen molar-refractivity contribution in [3.63, 3.8) is 0 Å². The Morgan fingerprint density at radius 2 is 1.95 bits per heavy atom. The van der Waals surface area contributed by atoms with Crippen LogP contribution in [0.3, 0.4) is 0 Å². The van der Waals surface area contributed by atoms with Crippen molar-refractivity contribution < 1.29 is 19.1 Å². The van der Waals surface area contributed by atoms with Crippen molar-refractivity contribution in [2.24, 2.45) is 5.92 Å². The van der Waals surface area contributed by atoms with Crippen molar-refractivity contribution in [3.8, 4) is 0 Å². The molecule has 0 saturated carbocycles. The molecule has 1 aliphatic heterocycles. The molecule has 1 fully saturated rings. The summed E-state index contributed by atoms with van der Waals surface area (Å²) in [5.74, 6) is -2.68. The van der Waals surface area contributed by atoms with Gasteiger partial charge in [-0.25, -0.2) is 4.79 Å². The number of esters is 1. The molecule has 1 heterocycles. The van der Waals surface area contributed by atoms with Gasteiger partial charge < -0.3 is 4.74 Å². The van der Waals surface area contributed by atoms with E-state index in [-0.39, 0.29) is 48.5 Å². The van der Waals surface area contributed by atoms with Crippen molar-refractivity contribution >= 4 is 47.1 Å². The number of carbonyl (C=O) groups excluding carboxylic acids is 3. The van der Waals surface area contributed by atoms with Crippen LogP contribution in [0.1, 0.15) is 18.9 Å². The van der Waals surface area contributed by atoms with Crippen LogP contribution in [0.4, 0.5) is 0 Å². The van der Waals surface area contributed by atoms with E-state index in [1.54, 1.807) is 6.92 Å². The van der Waals surface area contributed by atoms with Crippen LogP contribution in [0.15, 0.2) is 30.3 Å². The van der Waals surface area contributed by atoms with Crippen molar-refractivity contribution in [2.75, 3.05) is 19.7 Å². The number of ketones is 2. The van der Waals surface area contributed by atoms with E-state index in [4.69, 9.17) is 4.74 Å². The first-order valence-electron chi connectivity index (χ1n) is 7.11. The molecule has 1 aliphatic rings. The van der Waals surface area contributed by atoms with E-state index >= 15 is 0 Å². The molecule has 2 rings (SSSR count). The maximum atomic E-state index is 12.0. The topological polar surface area (TPSA) is 63.7 Å². The molecule has 6 heteroatoms. The van der Waals surface area contributed by atoms with Gasteiger partial charge in [-0.05, 0) is 12.5 Å². The van der Waals surface area contributed by atoms with Crippen molar-refractivity contribution in [1.29, 1.82) is 0 Å². The summed E-state index contributed by atoms with van der Waals surface area (Å²) < 4.78 is 4.70. The number of hydrogen-bond acceptors (Lipinski definition) is 5. The zero-order chi connectivity index (χ0) is 15.2. The molecule has 1 aromatic carbocycles. The van der Waals surface area contributed by atoms with E-state index in [2.05, 4.69) is 0 Å². The molecule has 22 heavy (non-hydrogen) atoms. The Hall–Kier alpha value is -1.01. The summed E-state index contributed by atoms with van der Waals surface area (Å²) in [4.78, 5) is 37.4. The van der Waals surface area contributed by atoms with Gasteiger partial charge in [0.2, 0.25) is 0 Å². The monoisotopic (exact) mass is 312 g/mol. The van der Waals surface area contributed by atoms with Crippen molar-refractivity contribution in [3.05, 3.63) is 35.9 Å². The second-order valence-corrected chi connectivity index (χ2v) is 5.07. The van der Waals surface area contributed by atoms with Gasteiger partial charge in [0.15, 0.2) is 0 Å². The van der Waals surface area contributed by atoms with Crippen LogP contribution >= 0.6 is 0 Å². The molecular formula is C16H19NNaO4. The third kappa shape index (κ3) is 5.02. The number of ether oxygens (including phenoxy) is 1. The molecule has 1 saturated heterocycles. The molecular weight excluding hydrogens is 293 g/mol. The molecule has 1 atom stereocenters. The van der Waals surface area contributed by atoms with Gasteiger partial charge in [0.25, 0.3) is 5.78 Å². The van der Waals surface area contributed by atoms with E-state index in [1.807, 2.05) is 35.2 Å². The zero-order valence-electron chi connectivity index (χ0n) is 13.1. The molecule has 0 N–H and O–H groups in total. The Morgan fingerprint density at radius 3 is 2.59 bits per heavy atom. The molecule has 0 aliphatic carbocycles. The van der Waals surface area contributed by atoms with E-state index in [1.165, 1.54) is 0 Å². The first-order chi connectivity index (χ1) is 10.1. The summed E-state index contributed by atoms with van der Waals surface area (Å²) in [7, 11) is 0. The third-order valence-corrected chi connectivity index (χ3v) is 3.55. The maximum Gasteiger partial charge on any atom is 0.375 e. The number of hydrogen-bond donors (Lipinski definition) is 0. The average molecular weight is 312 g/mol. The number of Topliss-reactive ketones (excluding diaryl/α,β-unsaturated/α-hetero) is 2. The molecule has 0 bridgehead atoms. The predicted octanol–water partition coefficient (Wildman–Crippen LogP) is 0.829. The standard InChI is InChI=1S/C16H19NO4.Na/c1-2-21-16(20)15(19)13-11-17(9-8-14(13)18)10-12-6-4-3-5-7-12;/h3-7,13H,2,8-11H2,1H3;. The van der Waals surface area contributed by atoms with Crippen LogP contribution in [0.2, 0.25) is 0 Å². The van der Waals surface area contributed by atoms with Gasteiger partial charge >= 0.3 is 5.97 Å². The van der Waals surface area contributed by atoms with Gasteiger partial charge in [0.1, 0.15) is 11.7 Å². The average Bonchev–Trinajstić information content (AvgIpc) is 2.50. The number of likely N-dealkylation sites (tertiary alicyclic amines) is 1. The molecule has 0 spiro atoms. The predicted molar refractivity (Wildman–Crippen MR) is 82.2 cm³/mol. The summed E-state index contributed by atoms with van der Waals surface area (Å²) in [6, 6.07) is 9.84. The number of nitrogens with zero attached hydrogens (tertiary/aromatic N) is 1. The van der Waals surface area contributed by atoms with Crippen LogP contribution in [0, 0.1) is 5.92 Å². The van der Waals surface area contributed by atoms with Crippen LogP contribution in [-0.2, 0) is 25.7 Å². The van der Waals surface area contributed by atoms with E-state index in [9.17, 15) is 14.4 Å². The molecule has 1 unspecified atom stereocenters. The summed E-state index contributed by atoms with van der Waals surface area (Å²) in [5, 5.41) is 0. The van der Waals surface area contributed by atoms with Crippen LogP contribution in [0.5, 0.6) is 0 Å². The molecule has 113 valence electrons. The molecule has 5 nitrogen and oxygen atoms in total. The van der Waals surface area contributed by atoms with Crippen molar-refractivity contribution in [2.45, 2.75) is 19.9 Å². The minimum Gasteiger partial charge on any atom is -0.460 e. The molecule has 0 amide bonds. The smallest absolute Gasteiger partial charge is 0.375 e. The maximum absolute atomic E-state index is 12.0. The van der Waals surface area contributed by atoms with Crippen LogP contribution in [0.25, 0.3) is 0 Å². The Balaban J connectivity index is 0.00000242. The van der Waals surface area contributed by atoms with Gasteiger partial charge in [-0.2, -0.15) is 0 Å². The minimum absolute atomic E-state index is 0. The number of benzene rings is 1. The fraction of sp³-hybridized carbons (Fsp3) is 0.438. The summed E-state index contributed by atoms with van der Waals surface area (Å²) >= 11 is 0. The Morgan fingerprint density at radius 1 is 1.27 bits per heavy atom. The first kappa shape index (κ1) is 19.0. The number of rotatable bonds is 5. The van der Waals surface area contributed by atoms with E-state index < -0.39 is 17.7 Å². The van der Waals surface area contributed by atoms with E-state index in [0.29, 0.717) is 19.5 Å². The second-order valence-electron chi connectivity index (χ2n) is 5.07. The fourth-order valence-electron chi connectivity index (χ4n) is 2.45. The van der Waals surface area contributed by atoms with Crippen molar-refractivity contribution in [1.82, 2.24) is 4.90 Å². The van der Waals surface area contributed by atoms with E-state index in [0.717, 1.165) is 5.56 Å². The molecule has 0 aromatic heterocycles. The molecule has 1 radical (unpaired) electrons. The SMILES string of the molecule is CCOC(=O)C(=O)C1CN(Cc2ccccc2)CCC1=O.[Na]. The second kappa shape index (κ2) is 9.20. The molecule has 1 aromatic rings. The first-order valence-corrected chi connectivity index (χ1v) is 7.11. The Kier molecular flexibility index (Phi) is 7.96. The zero-order valence-corrected chi connectivity index (χ0v) is 15.1. The largest absolute Gasteiger partial charge is 0.460 e. The summed E-state index contributed by atoms with van der Waals surface area (Å²) in [5.41, 5.74) is 1.12. The Bertz CT molecular complexity index is 532. The quantitative estimate of drug-likeness (QED) is 0.349. The van der Waals surface area contributed by atoms with Crippen LogP contribution in [-0.4, -0.2) is 71.7 Å². The number of piperidine rings is 1. The number of carbonyl (C=O) groups is 3. The van der Waals surface area contributed by atoms with Gasteiger partial charge in [-0.15, -0.1) is 0 Å². The summed E-state index contributed by atoms with van der Waals surface area (Å²) in [6.45, 7) is 3.33. The van der Waals surface area contributed by atoms with Gasteiger partial charge in [0.05, 0.1) is 6.61 Å². The van der Waals surface area contributed by atoms with Gasteiger partial charge in [-0.1, -0.05) is 30.3 Å². The Labute approximate surface area is 152 Å². The normalized spacial score (nSPS) is 18.4. The fourth-order valence-corrected chi connectivity index (χ4v) is 2.45.